The molecule has 0 spiro atoms. The summed E-state index contributed by atoms with van der Waals surface area (Å²) in [6.07, 6.45) is -4.73. The quantitative estimate of drug-likeness (QED) is 0.276. The number of carbonyl (C=O) groups is 1. The third-order valence-corrected chi connectivity index (χ3v) is 5.93. The van der Waals surface area contributed by atoms with Crippen molar-refractivity contribution >= 4 is 22.6 Å². The molecule has 5 aromatic rings. The predicted octanol–water partition coefficient (Wildman–Crippen LogP) is 6.57. The second-order valence-electron chi connectivity index (χ2n) is 8.53. The Labute approximate surface area is 215 Å². The third kappa shape index (κ3) is 4.99. The monoisotopic (exact) mass is 515 g/mol. The van der Waals surface area contributed by atoms with Crippen LogP contribution in [0.3, 0.4) is 0 Å². The standard InChI is InChI=1S/C29H20F3N3O3/c30-29(31,32)27-26(33-23-8-4-5-9-24(23)34-27)19-10-12-20(13-11-19)35(17-18-6-2-1-3-7-18)28(38)22-15-14-21(36)16-25(22)37/h1-16,36-37H,17H2. The zero-order valence-electron chi connectivity index (χ0n) is 19.7. The van der Waals surface area contributed by atoms with Crippen LogP contribution in [0, 0.1) is 0 Å². The maximum Gasteiger partial charge on any atom is 0.435 e. The number of rotatable bonds is 5. The van der Waals surface area contributed by atoms with Gasteiger partial charge in [-0.25, -0.2) is 9.97 Å². The Balaban J connectivity index is 1.57. The van der Waals surface area contributed by atoms with Gasteiger partial charge in [0.25, 0.3) is 5.91 Å². The first-order valence-electron chi connectivity index (χ1n) is 11.5. The zero-order chi connectivity index (χ0) is 26.9. The van der Waals surface area contributed by atoms with Crippen molar-refractivity contribution in [2.24, 2.45) is 0 Å². The van der Waals surface area contributed by atoms with Gasteiger partial charge in [-0.05, 0) is 42.0 Å². The van der Waals surface area contributed by atoms with Crippen LogP contribution in [0.5, 0.6) is 11.5 Å². The number of hydrogen-bond donors (Lipinski definition) is 2. The Morgan fingerprint density at radius 2 is 1.42 bits per heavy atom. The number of aromatic nitrogens is 2. The van der Waals surface area contributed by atoms with E-state index in [4.69, 9.17) is 0 Å². The van der Waals surface area contributed by atoms with Crippen LogP contribution in [0.25, 0.3) is 22.3 Å². The number of phenols is 2. The van der Waals surface area contributed by atoms with Gasteiger partial charge < -0.3 is 15.1 Å². The van der Waals surface area contributed by atoms with Gasteiger partial charge in [0.1, 0.15) is 17.2 Å². The Kier molecular flexibility index (Phi) is 6.42. The normalized spacial score (nSPS) is 11.4. The number of benzene rings is 4. The van der Waals surface area contributed by atoms with Gasteiger partial charge >= 0.3 is 6.18 Å². The fourth-order valence-electron chi connectivity index (χ4n) is 4.09. The van der Waals surface area contributed by atoms with Gasteiger partial charge in [0.2, 0.25) is 0 Å². The molecule has 2 N–H and O–H groups in total. The number of nitrogens with zero attached hydrogens (tertiary/aromatic N) is 3. The van der Waals surface area contributed by atoms with E-state index >= 15 is 0 Å². The highest BCUT2D eigenvalue weighted by Crippen LogP contribution is 2.37. The fraction of sp³-hybridized carbons (Fsp3) is 0.0690. The van der Waals surface area contributed by atoms with Crippen LogP contribution < -0.4 is 4.90 Å². The number of aromatic hydroxyl groups is 2. The smallest absolute Gasteiger partial charge is 0.435 e. The molecule has 0 aliphatic rings. The molecule has 0 saturated carbocycles. The van der Waals surface area contributed by atoms with Gasteiger partial charge in [0.05, 0.1) is 23.1 Å². The summed E-state index contributed by atoms with van der Waals surface area (Å²) in [5.74, 6) is -1.15. The van der Waals surface area contributed by atoms with E-state index in [1.54, 1.807) is 18.2 Å². The topological polar surface area (TPSA) is 86.5 Å². The van der Waals surface area contributed by atoms with Gasteiger partial charge in [0.15, 0.2) is 5.69 Å². The molecule has 190 valence electrons. The van der Waals surface area contributed by atoms with E-state index < -0.39 is 23.5 Å². The molecule has 0 fully saturated rings. The fourth-order valence-corrected chi connectivity index (χ4v) is 4.09. The van der Waals surface area contributed by atoms with Crippen LogP contribution in [0.4, 0.5) is 18.9 Å². The average Bonchev–Trinajstić information content (AvgIpc) is 2.91. The lowest BCUT2D eigenvalue weighted by molar-refractivity contribution is -0.140. The molecule has 1 amide bonds. The number of halogens is 3. The van der Waals surface area contributed by atoms with Crippen molar-refractivity contribution in [1.82, 2.24) is 9.97 Å². The number of carbonyl (C=O) groups excluding carboxylic acids is 1. The summed E-state index contributed by atoms with van der Waals surface area (Å²) in [4.78, 5) is 22.9. The van der Waals surface area contributed by atoms with Crippen LogP contribution in [0.15, 0.2) is 97.1 Å². The van der Waals surface area contributed by atoms with E-state index in [0.29, 0.717) is 11.2 Å². The summed E-state index contributed by atoms with van der Waals surface area (Å²) in [6.45, 7) is 0.128. The highest BCUT2D eigenvalue weighted by Gasteiger charge is 2.37. The molecule has 38 heavy (non-hydrogen) atoms. The lowest BCUT2D eigenvalue weighted by Crippen LogP contribution is -2.30. The highest BCUT2D eigenvalue weighted by molar-refractivity contribution is 6.08. The molecule has 0 radical (unpaired) electrons. The summed E-state index contributed by atoms with van der Waals surface area (Å²) in [6, 6.07) is 25.0. The van der Waals surface area contributed by atoms with Crippen LogP contribution in [0.2, 0.25) is 0 Å². The van der Waals surface area contributed by atoms with Gasteiger partial charge in [-0.3, -0.25) is 4.79 Å². The molecule has 0 aliphatic carbocycles. The lowest BCUT2D eigenvalue weighted by atomic mass is 10.1. The van der Waals surface area contributed by atoms with Crippen molar-refractivity contribution in [3.8, 4) is 22.8 Å². The molecule has 0 aliphatic heterocycles. The van der Waals surface area contributed by atoms with Crippen molar-refractivity contribution in [3.05, 3.63) is 114 Å². The van der Waals surface area contributed by atoms with Crippen LogP contribution >= 0.6 is 0 Å². The lowest BCUT2D eigenvalue weighted by Gasteiger charge is -2.24. The zero-order valence-corrected chi connectivity index (χ0v) is 19.7. The van der Waals surface area contributed by atoms with E-state index in [1.165, 1.54) is 47.4 Å². The summed E-state index contributed by atoms with van der Waals surface area (Å²) in [5, 5.41) is 19.9. The molecular formula is C29H20F3N3O3. The Morgan fingerprint density at radius 1 is 0.789 bits per heavy atom. The predicted molar refractivity (Wildman–Crippen MR) is 137 cm³/mol. The number of hydrogen-bond acceptors (Lipinski definition) is 5. The minimum absolute atomic E-state index is 0.0393. The Hall–Kier alpha value is -4.92. The average molecular weight is 515 g/mol. The number of phenolic OH excluding ortho intramolecular Hbond substituents is 2. The van der Waals surface area contributed by atoms with E-state index in [2.05, 4.69) is 9.97 Å². The van der Waals surface area contributed by atoms with Crippen molar-refractivity contribution < 1.29 is 28.2 Å². The summed E-state index contributed by atoms with van der Waals surface area (Å²) in [5.41, 5.74) is 0.355. The van der Waals surface area contributed by atoms with Crippen molar-refractivity contribution in [3.63, 3.8) is 0 Å². The first kappa shape index (κ1) is 24.8. The van der Waals surface area contributed by atoms with E-state index in [9.17, 15) is 28.2 Å². The minimum Gasteiger partial charge on any atom is -0.508 e. The molecule has 0 atom stereocenters. The Bertz CT molecular complexity index is 1620. The second-order valence-corrected chi connectivity index (χ2v) is 8.53. The molecule has 6 nitrogen and oxygen atoms in total. The molecular weight excluding hydrogens is 495 g/mol. The maximum atomic E-state index is 13.9. The van der Waals surface area contributed by atoms with Crippen LogP contribution in [-0.4, -0.2) is 26.1 Å². The number of amides is 1. The first-order chi connectivity index (χ1) is 18.2. The van der Waals surface area contributed by atoms with Gasteiger partial charge in [-0.2, -0.15) is 13.2 Å². The summed E-state index contributed by atoms with van der Waals surface area (Å²) >= 11 is 0. The summed E-state index contributed by atoms with van der Waals surface area (Å²) < 4.78 is 41.6. The molecule has 1 aromatic heterocycles. The number of anilines is 1. The molecule has 0 bridgehead atoms. The largest absolute Gasteiger partial charge is 0.508 e. The van der Waals surface area contributed by atoms with E-state index in [0.717, 1.165) is 11.6 Å². The Morgan fingerprint density at radius 3 is 2.05 bits per heavy atom. The number of fused-ring (bicyclic) bond motifs is 1. The third-order valence-electron chi connectivity index (χ3n) is 5.93. The maximum absolute atomic E-state index is 13.9. The van der Waals surface area contributed by atoms with Crippen molar-refractivity contribution in [2.75, 3.05) is 4.90 Å². The van der Waals surface area contributed by atoms with Crippen LogP contribution in [0.1, 0.15) is 21.6 Å². The molecule has 1 heterocycles. The first-order valence-corrected chi connectivity index (χ1v) is 11.5. The van der Waals surface area contributed by atoms with Gasteiger partial charge in [0, 0.05) is 17.3 Å². The molecule has 0 saturated heterocycles. The second kappa shape index (κ2) is 9.85. The summed E-state index contributed by atoms with van der Waals surface area (Å²) in [7, 11) is 0. The van der Waals surface area contributed by atoms with Gasteiger partial charge in [-0.15, -0.1) is 0 Å². The number of para-hydroxylation sites is 2. The SMILES string of the molecule is O=C(c1ccc(O)cc1O)N(Cc1ccccc1)c1ccc(-c2nc3ccccc3nc2C(F)(F)F)cc1. The van der Waals surface area contributed by atoms with Crippen molar-refractivity contribution in [1.29, 1.82) is 0 Å². The molecule has 0 unspecified atom stereocenters. The van der Waals surface area contributed by atoms with Crippen LogP contribution in [-0.2, 0) is 12.7 Å². The highest BCUT2D eigenvalue weighted by atomic mass is 19.4. The van der Waals surface area contributed by atoms with Gasteiger partial charge in [-0.1, -0.05) is 54.6 Å². The van der Waals surface area contributed by atoms with E-state index in [1.807, 2.05) is 30.3 Å². The van der Waals surface area contributed by atoms with Crippen molar-refractivity contribution in [2.45, 2.75) is 12.7 Å². The number of alkyl halides is 3. The molecule has 4 aromatic carbocycles. The van der Waals surface area contributed by atoms with E-state index in [-0.39, 0.29) is 34.6 Å². The minimum atomic E-state index is -4.73. The molecule has 5 rings (SSSR count). The molecule has 9 heteroatoms.